The molecule has 0 aliphatic carbocycles. The van der Waals surface area contributed by atoms with Crippen molar-refractivity contribution in [2.45, 2.75) is 11.6 Å². The Bertz CT molecular complexity index is 1010. The minimum absolute atomic E-state index is 0.130. The van der Waals surface area contributed by atoms with Gasteiger partial charge < -0.3 is 14.7 Å². The molecule has 0 spiro atoms. The molecule has 1 atom stereocenters. The maximum absolute atomic E-state index is 12.9. The number of amides is 1. The number of nitrogens with zero attached hydrogens (tertiary/aromatic N) is 1. The molecule has 1 fully saturated rings. The zero-order valence-electron chi connectivity index (χ0n) is 16.5. The summed E-state index contributed by atoms with van der Waals surface area (Å²) in [4.78, 5) is 14.6. The first-order valence-corrected chi connectivity index (χ1v) is 10.9. The second kappa shape index (κ2) is 9.19. The van der Waals surface area contributed by atoms with E-state index in [4.69, 9.17) is 39.5 Å². The summed E-state index contributed by atoms with van der Waals surface area (Å²) in [5.74, 6) is -0.201. The minimum Gasteiger partial charge on any atom is -0.394 e. The number of rotatable bonds is 5. The number of carbonyl (C=O) groups excluding carboxylic acids is 1. The normalized spacial score (nSPS) is 16.9. The fourth-order valence-corrected chi connectivity index (χ4v) is 4.33. The maximum atomic E-state index is 12.9. The van der Waals surface area contributed by atoms with Crippen LogP contribution in [0.15, 0.2) is 72.8 Å². The van der Waals surface area contributed by atoms with Crippen molar-refractivity contribution in [1.82, 2.24) is 4.90 Å². The van der Waals surface area contributed by atoms with Crippen molar-refractivity contribution in [3.8, 4) is 0 Å². The Balaban J connectivity index is 1.80. The van der Waals surface area contributed by atoms with Gasteiger partial charge in [-0.2, -0.15) is 0 Å². The number of aliphatic hydroxyl groups excluding tert-OH is 1. The quantitative estimate of drug-likeness (QED) is 0.530. The van der Waals surface area contributed by atoms with Gasteiger partial charge in [0.05, 0.1) is 19.2 Å². The van der Waals surface area contributed by atoms with Crippen molar-refractivity contribution in [2.75, 3.05) is 19.8 Å². The second-order valence-corrected chi connectivity index (χ2v) is 8.71. The lowest BCUT2D eigenvalue weighted by Gasteiger charge is -2.45. The Morgan fingerprint density at radius 3 is 1.74 bits per heavy atom. The minimum atomic E-state index is -0.942. The number of benzene rings is 3. The molecule has 1 amide bonds. The van der Waals surface area contributed by atoms with Crippen molar-refractivity contribution in [2.24, 2.45) is 0 Å². The van der Waals surface area contributed by atoms with Gasteiger partial charge in [0.15, 0.2) is 0 Å². The summed E-state index contributed by atoms with van der Waals surface area (Å²) in [7, 11) is 0. The van der Waals surface area contributed by atoms with E-state index in [9.17, 15) is 9.90 Å². The Morgan fingerprint density at radius 1 is 0.839 bits per heavy atom. The summed E-state index contributed by atoms with van der Waals surface area (Å²) < 4.78 is 6.23. The number of aliphatic hydroxyl groups is 1. The van der Waals surface area contributed by atoms with Crippen LogP contribution in [0.2, 0.25) is 15.1 Å². The summed E-state index contributed by atoms with van der Waals surface area (Å²) in [6, 6.07) is 21.3. The van der Waals surface area contributed by atoms with Crippen LogP contribution in [0.25, 0.3) is 0 Å². The van der Waals surface area contributed by atoms with Crippen LogP contribution in [0.5, 0.6) is 0 Å². The lowest BCUT2D eigenvalue weighted by Crippen LogP contribution is -2.55. The average Bonchev–Trinajstić information content (AvgIpc) is 2.78. The molecule has 0 saturated carbocycles. The molecule has 4 nitrogen and oxygen atoms in total. The van der Waals surface area contributed by atoms with E-state index in [1.54, 1.807) is 41.3 Å². The third kappa shape index (κ3) is 4.45. The van der Waals surface area contributed by atoms with E-state index in [0.717, 1.165) is 16.7 Å². The lowest BCUT2D eigenvalue weighted by molar-refractivity contribution is -0.165. The molecule has 160 valence electrons. The highest BCUT2D eigenvalue weighted by atomic mass is 35.5. The van der Waals surface area contributed by atoms with Gasteiger partial charge >= 0.3 is 0 Å². The van der Waals surface area contributed by atoms with Crippen LogP contribution in [-0.4, -0.2) is 35.7 Å². The maximum Gasteiger partial charge on any atom is 0.249 e. The Hall–Kier alpha value is -2.08. The first-order chi connectivity index (χ1) is 14.9. The Morgan fingerprint density at radius 2 is 1.29 bits per heavy atom. The molecule has 31 heavy (non-hydrogen) atoms. The summed E-state index contributed by atoms with van der Waals surface area (Å²) in [6.45, 7) is -0.150. The molecule has 7 heteroatoms. The van der Waals surface area contributed by atoms with Gasteiger partial charge in [-0.25, -0.2) is 0 Å². The Labute approximate surface area is 195 Å². The first kappa shape index (κ1) is 22.1. The van der Waals surface area contributed by atoms with Crippen LogP contribution < -0.4 is 0 Å². The SMILES string of the molecule is O=C1COC(c2ccc(Cl)cc2)(c2ccc(Cl)cc2)CN1[C@H](CO)c1ccc(Cl)cc1. The predicted molar refractivity (Wildman–Crippen MR) is 123 cm³/mol. The molecule has 1 aliphatic heterocycles. The number of halogens is 3. The highest BCUT2D eigenvalue weighted by Gasteiger charge is 2.45. The molecular formula is C24H20Cl3NO3. The summed E-state index contributed by atoms with van der Waals surface area (Å²) in [5.41, 5.74) is 1.56. The van der Waals surface area contributed by atoms with Gasteiger partial charge in [0.1, 0.15) is 12.2 Å². The molecule has 1 saturated heterocycles. The van der Waals surface area contributed by atoms with E-state index in [2.05, 4.69) is 0 Å². The molecule has 4 rings (SSSR count). The fraction of sp³-hybridized carbons (Fsp3) is 0.208. The average molecular weight is 477 g/mol. The number of hydrogen-bond donors (Lipinski definition) is 1. The van der Waals surface area contributed by atoms with Crippen LogP contribution in [0.1, 0.15) is 22.7 Å². The van der Waals surface area contributed by atoms with Crippen LogP contribution in [0, 0.1) is 0 Å². The monoisotopic (exact) mass is 475 g/mol. The van der Waals surface area contributed by atoms with E-state index in [1.807, 2.05) is 36.4 Å². The van der Waals surface area contributed by atoms with E-state index in [0.29, 0.717) is 15.1 Å². The summed E-state index contributed by atoms with van der Waals surface area (Å²) in [5, 5.41) is 12.0. The van der Waals surface area contributed by atoms with Crippen LogP contribution in [0.4, 0.5) is 0 Å². The standard InChI is InChI=1S/C24H20Cl3NO3/c25-19-7-1-16(2-8-19)22(13-29)28-15-24(31-14-23(28)30,17-3-9-20(26)10-4-17)18-5-11-21(27)12-6-18/h1-12,22,29H,13-15H2/t22-/m1/s1. The largest absolute Gasteiger partial charge is 0.394 e. The van der Waals surface area contributed by atoms with Gasteiger partial charge in [-0.1, -0.05) is 71.2 Å². The molecule has 3 aromatic rings. The highest BCUT2D eigenvalue weighted by Crippen LogP contribution is 2.40. The molecule has 1 heterocycles. The van der Waals surface area contributed by atoms with E-state index in [-0.39, 0.29) is 25.7 Å². The van der Waals surface area contributed by atoms with Crippen molar-refractivity contribution in [3.05, 3.63) is 105 Å². The second-order valence-electron chi connectivity index (χ2n) is 7.40. The van der Waals surface area contributed by atoms with Crippen LogP contribution in [0.3, 0.4) is 0 Å². The third-order valence-corrected chi connectivity index (χ3v) is 6.34. The molecule has 0 bridgehead atoms. The van der Waals surface area contributed by atoms with Crippen molar-refractivity contribution < 1.29 is 14.6 Å². The molecule has 3 aromatic carbocycles. The molecular weight excluding hydrogens is 457 g/mol. The fourth-order valence-electron chi connectivity index (χ4n) is 3.95. The van der Waals surface area contributed by atoms with Gasteiger partial charge in [-0.3, -0.25) is 4.79 Å². The third-order valence-electron chi connectivity index (χ3n) is 5.58. The van der Waals surface area contributed by atoms with Gasteiger partial charge in [0, 0.05) is 15.1 Å². The first-order valence-electron chi connectivity index (χ1n) is 9.75. The number of carbonyl (C=O) groups is 1. The van der Waals surface area contributed by atoms with Gasteiger partial charge in [-0.15, -0.1) is 0 Å². The lowest BCUT2D eigenvalue weighted by atomic mass is 9.83. The van der Waals surface area contributed by atoms with Crippen LogP contribution in [-0.2, 0) is 15.1 Å². The van der Waals surface area contributed by atoms with Gasteiger partial charge in [0.2, 0.25) is 5.91 Å². The predicted octanol–water partition coefficient (Wildman–Crippen LogP) is 5.48. The molecule has 0 radical (unpaired) electrons. The summed E-state index contributed by atoms with van der Waals surface area (Å²) in [6.07, 6.45) is 0. The molecule has 0 aromatic heterocycles. The number of hydrogen-bond acceptors (Lipinski definition) is 3. The number of morpholine rings is 1. The van der Waals surface area contributed by atoms with E-state index in [1.165, 1.54) is 0 Å². The Kier molecular flexibility index (Phi) is 6.56. The van der Waals surface area contributed by atoms with E-state index < -0.39 is 11.6 Å². The molecule has 1 N–H and O–H groups in total. The highest BCUT2D eigenvalue weighted by molar-refractivity contribution is 6.31. The topological polar surface area (TPSA) is 49.8 Å². The van der Waals surface area contributed by atoms with Gasteiger partial charge in [-0.05, 0) is 53.1 Å². The smallest absolute Gasteiger partial charge is 0.249 e. The molecule has 1 aliphatic rings. The number of ether oxygens (including phenoxy) is 1. The zero-order chi connectivity index (χ0) is 22.0. The van der Waals surface area contributed by atoms with Gasteiger partial charge in [0.25, 0.3) is 0 Å². The van der Waals surface area contributed by atoms with Crippen LogP contribution >= 0.6 is 34.8 Å². The van der Waals surface area contributed by atoms with Crippen molar-refractivity contribution >= 4 is 40.7 Å². The summed E-state index contributed by atoms with van der Waals surface area (Å²) >= 11 is 18.2. The zero-order valence-corrected chi connectivity index (χ0v) is 18.7. The molecule has 0 unspecified atom stereocenters. The van der Waals surface area contributed by atoms with Crippen molar-refractivity contribution in [3.63, 3.8) is 0 Å². The van der Waals surface area contributed by atoms with E-state index >= 15 is 0 Å². The van der Waals surface area contributed by atoms with Crippen molar-refractivity contribution in [1.29, 1.82) is 0 Å².